The summed E-state index contributed by atoms with van der Waals surface area (Å²) in [5.74, 6) is -1.38. The van der Waals surface area contributed by atoms with Crippen LogP contribution in [-0.2, 0) is 9.53 Å². The van der Waals surface area contributed by atoms with Gasteiger partial charge in [0.1, 0.15) is 0 Å². The molecule has 1 unspecified atom stereocenters. The first-order chi connectivity index (χ1) is 6.14. The van der Waals surface area contributed by atoms with E-state index in [2.05, 4.69) is 4.74 Å². The molecule has 0 bridgehead atoms. The van der Waals surface area contributed by atoms with E-state index in [1.54, 1.807) is 0 Å². The maximum atomic E-state index is 12.5. The zero-order valence-corrected chi connectivity index (χ0v) is 8.73. The van der Waals surface area contributed by atoms with Crippen LogP contribution in [0.3, 0.4) is 0 Å². The third kappa shape index (κ3) is 2.89. The van der Waals surface area contributed by atoms with Crippen LogP contribution in [-0.4, -0.2) is 17.7 Å². The standard InChI is InChI=1S/C9H15F3O2/c1-5-8(4,9(10,11)12)14-7(13)6(2)3/h6H,5H2,1-4H3. The third-order valence-electron chi connectivity index (χ3n) is 2.07. The Kier molecular flexibility index (Phi) is 3.97. The van der Waals surface area contributed by atoms with E-state index in [0.717, 1.165) is 6.92 Å². The highest BCUT2D eigenvalue weighted by atomic mass is 19.4. The Hall–Kier alpha value is -0.740. The van der Waals surface area contributed by atoms with Crippen LogP contribution in [0.25, 0.3) is 0 Å². The molecule has 0 radical (unpaired) electrons. The van der Waals surface area contributed by atoms with Crippen LogP contribution < -0.4 is 0 Å². The van der Waals surface area contributed by atoms with Gasteiger partial charge in [-0.2, -0.15) is 13.2 Å². The van der Waals surface area contributed by atoms with Gasteiger partial charge in [-0.05, 0) is 13.3 Å². The number of carbonyl (C=O) groups excluding carboxylic acids is 1. The van der Waals surface area contributed by atoms with Gasteiger partial charge in [0.2, 0.25) is 5.60 Å². The molecule has 1 atom stereocenters. The number of rotatable bonds is 3. The Balaban J connectivity index is 4.66. The minimum atomic E-state index is -4.52. The van der Waals surface area contributed by atoms with E-state index in [9.17, 15) is 18.0 Å². The summed E-state index contributed by atoms with van der Waals surface area (Å²) in [6.45, 7) is 5.21. The molecule has 0 rings (SSSR count). The van der Waals surface area contributed by atoms with Gasteiger partial charge >= 0.3 is 12.1 Å². The topological polar surface area (TPSA) is 26.3 Å². The SMILES string of the molecule is CCC(C)(OC(=O)C(C)C)C(F)(F)F. The lowest BCUT2D eigenvalue weighted by Gasteiger charge is -2.31. The Bertz CT molecular complexity index is 211. The van der Waals surface area contributed by atoms with Gasteiger partial charge in [-0.25, -0.2) is 0 Å². The lowest BCUT2D eigenvalue weighted by molar-refractivity contribution is -0.266. The van der Waals surface area contributed by atoms with Crippen LogP contribution >= 0.6 is 0 Å². The highest BCUT2D eigenvalue weighted by Gasteiger charge is 2.53. The van der Waals surface area contributed by atoms with Gasteiger partial charge in [0.05, 0.1) is 5.92 Å². The van der Waals surface area contributed by atoms with Crippen LogP contribution in [0.15, 0.2) is 0 Å². The molecule has 0 saturated carbocycles. The van der Waals surface area contributed by atoms with Gasteiger partial charge < -0.3 is 4.74 Å². The van der Waals surface area contributed by atoms with E-state index in [1.807, 2.05) is 0 Å². The predicted octanol–water partition coefficient (Wildman–Crippen LogP) is 2.92. The summed E-state index contributed by atoms with van der Waals surface area (Å²) >= 11 is 0. The van der Waals surface area contributed by atoms with Gasteiger partial charge in [0.15, 0.2) is 0 Å². The van der Waals surface area contributed by atoms with Crippen molar-refractivity contribution in [2.45, 2.75) is 45.9 Å². The molecule has 0 aliphatic rings. The number of halogens is 3. The molecule has 14 heavy (non-hydrogen) atoms. The highest BCUT2D eigenvalue weighted by molar-refractivity contribution is 5.72. The van der Waals surface area contributed by atoms with Crippen molar-refractivity contribution in [3.05, 3.63) is 0 Å². The second-order valence-electron chi connectivity index (χ2n) is 3.66. The molecule has 0 aromatic rings. The normalized spacial score (nSPS) is 16.6. The summed E-state index contributed by atoms with van der Waals surface area (Å²) in [5, 5.41) is 0. The molecule has 0 saturated heterocycles. The number of carbonyl (C=O) groups is 1. The second kappa shape index (κ2) is 4.19. The minimum Gasteiger partial charge on any atom is -0.449 e. The number of esters is 1. The average molecular weight is 212 g/mol. The first kappa shape index (κ1) is 13.3. The van der Waals surface area contributed by atoms with Crippen molar-refractivity contribution in [3.8, 4) is 0 Å². The largest absolute Gasteiger partial charge is 0.449 e. The fourth-order valence-electron chi connectivity index (χ4n) is 0.670. The predicted molar refractivity (Wildman–Crippen MR) is 45.7 cm³/mol. The summed E-state index contributed by atoms with van der Waals surface area (Å²) in [6.07, 6.45) is -4.80. The first-order valence-corrected chi connectivity index (χ1v) is 4.43. The monoisotopic (exact) mass is 212 g/mol. The van der Waals surface area contributed by atoms with Gasteiger partial charge in [-0.15, -0.1) is 0 Å². The molecule has 0 aliphatic heterocycles. The Morgan fingerprint density at radius 3 is 2.00 bits per heavy atom. The van der Waals surface area contributed by atoms with Crippen molar-refractivity contribution >= 4 is 5.97 Å². The van der Waals surface area contributed by atoms with Crippen molar-refractivity contribution < 1.29 is 22.7 Å². The van der Waals surface area contributed by atoms with Gasteiger partial charge in [0.25, 0.3) is 0 Å². The number of alkyl halides is 3. The summed E-state index contributed by atoms with van der Waals surface area (Å²) < 4.78 is 41.8. The average Bonchev–Trinajstić information content (AvgIpc) is 2.01. The zero-order valence-electron chi connectivity index (χ0n) is 8.73. The van der Waals surface area contributed by atoms with Crippen LogP contribution in [0.1, 0.15) is 34.1 Å². The molecule has 5 heteroatoms. The van der Waals surface area contributed by atoms with Crippen molar-refractivity contribution in [1.82, 2.24) is 0 Å². The van der Waals surface area contributed by atoms with E-state index < -0.39 is 23.7 Å². The molecule has 0 spiro atoms. The molecule has 0 aromatic carbocycles. The lowest BCUT2D eigenvalue weighted by Crippen LogP contribution is -2.46. The van der Waals surface area contributed by atoms with Gasteiger partial charge in [-0.1, -0.05) is 20.8 Å². The number of ether oxygens (including phenoxy) is 1. The Morgan fingerprint density at radius 1 is 1.36 bits per heavy atom. The molecular weight excluding hydrogens is 197 g/mol. The molecule has 0 fully saturated rings. The van der Waals surface area contributed by atoms with Crippen LogP contribution in [0.5, 0.6) is 0 Å². The van der Waals surface area contributed by atoms with E-state index in [1.165, 1.54) is 20.8 Å². The first-order valence-electron chi connectivity index (χ1n) is 4.43. The fourth-order valence-corrected chi connectivity index (χ4v) is 0.670. The fraction of sp³-hybridized carbons (Fsp3) is 0.889. The molecule has 84 valence electrons. The summed E-state index contributed by atoms with van der Waals surface area (Å²) in [7, 11) is 0. The van der Waals surface area contributed by atoms with E-state index in [4.69, 9.17) is 0 Å². The van der Waals surface area contributed by atoms with Gasteiger partial charge in [-0.3, -0.25) is 4.79 Å². The lowest BCUT2D eigenvalue weighted by atomic mass is 10.0. The Morgan fingerprint density at radius 2 is 1.79 bits per heavy atom. The minimum absolute atomic E-state index is 0.283. The Labute approximate surface area is 81.4 Å². The molecule has 0 amide bonds. The van der Waals surface area contributed by atoms with Crippen molar-refractivity contribution in [1.29, 1.82) is 0 Å². The summed E-state index contributed by atoms with van der Waals surface area (Å²) in [6, 6.07) is 0. The number of hydrogen-bond acceptors (Lipinski definition) is 2. The number of hydrogen-bond donors (Lipinski definition) is 0. The second-order valence-corrected chi connectivity index (χ2v) is 3.66. The molecule has 0 aliphatic carbocycles. The van der Waals surface area contributed by atoms with Gasteiger partial charge in [0, 0.05) is 0 Å². The van der Waals surface area contributed by atoms with Crippen LogP contribution in [0, 0.1) is 5.92 Å². The van der Waals surface area contributed by atoms with Crippen molar-refractivity contribution in [2.24, 2.45) is 5.92 Å². The van der Waals surface area contributed by atoms with Crippen molar-refractivity contribution in [3.63, 3.8) is 0 Å². The maximum Gasteiger partial charge on any atom is 0.428 e. The molecular formula is C9H15F3O2. The van der Waals surface area contributed by atoms with Crippen LogP contribution in [0.2, 0.25) is 0 Å². The molecule has 0 aromatic heterocycles. The smallest absolute Gasteiger partial charge is 0.428 e. The van der Waals surface area contributed by atoms with Crippen molar-refractivity contribution in [2.75, 3.05) is 0 Å². The van der Waals surface area contributed by atoms with E-state index in [-0.39, 0.29) is 6.42 Å². The quantitative estimate of drug-likeness (QED) is 0.672. The van der Waals surface area contributed by atoms with E-state index in [0.29, 0.717) is 0 Å². The maximum absolute atomic E-state index is 12.5. The molecule has 0 N–H and O–H groups in total. The summed E-state index contributed by atoms with van der Waals surface area (Å²) in [5.41, 5.74) is -2.37. The van der Waals surface area contributed by atoms with Crippen LogP contribution in [0.4, 0.5) is 13.2 Å². The summed E-state index contributed by atoms with van der Waals surface area (Å²) in [4.78, 5) is 11.0. The molecule has 2 nitrogen and oxygen atoms in total. The van der Waals surface area contributed by atoms with E-state index >= 15 is 0 Å². The zero-order chi connectivity index (χ0) is 11.6. The molecule has 0 heterocycles. The highest BCUT2D eigenvalue weighted by Crippen LogP contribution is 2.36. The third-order valence-corrected chi connectivity index (χ3v) is 2.07.